The van der Waals surface area contributed by atoms with Crippen LogP contribution in [0.1, 0.15) is 25.0 Å². The number of nitrogens with one attached hydrogen (secondary N) is 2. The van der Waals surface area contributed by atoms with Gasteiger partial charge in [-0.15, -0.1) is 11.3 Å². The third kappa shape index (κ3) is 3.84. The number of hydrogen-bond donors (Lipinski definition) is 2. The van der Waals surface area contributed by atoms with E-state index in [4.69, 9.17) is 4.98 Å². The van der Waals surface area contributed by atoms with Gasteiger partial charge in [0.05, 0.1) is 17.5 Å². The lowest BCUT2D eigenvalue weighted by Gasteiger charge is -2.18. The SMILES string of the molecule is CN=C(NCCc1csc(N2CCCC2)n1)NCCN1C(=O)C2C3C=CC(C3)C2C1=O. The number of rotatable bonds is 7. The summed E-state index contributed by atoms with van der Waals surface area (Å²) in [4.78, 5) is 38.3. The third-order valence-electron chi connectivity index (χ3n) is 7.00. The van der Waals surface area contributed by atoms with Crippen LogP contribution >= 0.6 is 11.3 Å². The fourth-order valence-corrected chi connectivity index (χ4v) is 6.38. The van der Waals surface area contributed by atoms with E-state index in [1.54, 1.807) is 18.4 Å². The van der Waals surface area contributed by atoms with Crippen molar-refractivity contribution >= 4 is 34.2 Å². The van der Waals surface area contributed by atoms with Crippen molar-refractivity contribution in [2.45, 2.75) is 25.7 Å². The molecule has 166 valence electrons. The van der Waals surface area contributed by atoms with Crippen molar-refractivity contribution in [3.8, 4) is 0 Å². The number of anilines is 1. The number of hydrogen-bond acceptors (Lipinski definition) is 6. The van der Waals surface area contributed by atoms with Crippen LogP contribution in [0.4, 0.5) is 5.13 Å². The maximum Gasteiger partial charge on any atom is 0.233 e. The summed E-state index contributed by atoms with van der Waals surface area (Å²) in [6.45, 7) is 3.83. The lowest BCUT2D eigenvalue weighted by atomic mass is 9.85. The van der Waals surface area contributed by atoms with Gasteiger partial charge >= 0.3 is 0 Å². The van der Waals surface area contributed by atoms with Gasteiger partial charge < -0.3 is 15.5 Å². The molecule has 8 nitrogen and oxygen atoms in total. The highest BCUT2D eigenvalue weighted by atomic mass is 32.1. The number of amides is 2. The molecule has 9 heteroatoms. The van der Waals surface area contributed by atoms with Gasteiger partial charge in [-0.2, -0.15) is 0 Å². The van der Waals surface area contributed by atoms with Crippen molar-refractivity contribution in [1.82, 2.24) is 20.5 Å². The van der Waals surface area contributed by atoms with Gasteiger partial charge in [-0.3, -0.25) is 19.5 Å². The van der Waals surface area contributed by atoms with Crippen LogP contribution in [0.5, 0.6) is 0 Å². The van der Waals surface area contributed by atoms with Crippen molar-refractivity contribution in [3.05, 3.63) is 23.2 Å². The number of allylic oxidation sites excluding steroid dienone is 2. The summed E-state index contributed by atoms with van der Waals surface area (Å²) in [5.74, 6) is 0.969. The molecule has 5 rings (SSSR count). The van der Waals surface area contributed by atoms with Gasteiger partial charge in [0.2, 0.25) is 11.8 Å². The Kier molecular flexibility index (Phi) is 5.69. The number of carbonyl (C=O) groups excluding carboxylic acids is 2. The Balaban J connectivity index is 1.05. The fourth-order valence-electron chi connectivity index (χ4n) is 5.46. The number of aromatic nitrogens is 1. The summed E-state index contributed by atoms with van der Waals surface area (Å²) >= 11 is 1.72. The molecule has 31 heavy (non-hydrogen) atoms. The van der Waals surface area contributed by atoms with Gasteiger partial charge in [-0.05, 0) is 31.1 Å². The maximum atomic E-state index is 12.7. The van der Waals surface area contributed by atoms with Gasteiger partial charge in [0.15, 0.2) is 11.1 Å². The Morgan fingerprint density at radius 3 is 2.48 bits per heavy atom. The normalized spacial score (nSPS) is 29.4. The second kappa shape index (κ2) is 8.61. The molecule has 0 spiro atoms. The van der Waals surface area contributed by atoms with Crippen LogP contribution in [0, 0.1) is 23.7 Å². The minimum absolute atomic E-state index is 0.00827. The zero-order valence-electron chi connectivity index (χ0n) is 17.9. The molecular weight excluding hydrogens is 412 g/mol. The quantitative estimate of drug-likeness (QED) is 0.286. The van der Waals surface area contributed by atoms with E-state index in [0.717, 1.165) is 43.3 Å². The molecular formula is C22H30N6O2S. The molecule has 1 aromatic rings. The number of thiazole rings is 1. The van der Waals surface area contributed by atoms with Crippen LogP contribution in [-0.2, 0) is 16.0 Å². The third-order valence-corrected chi connectivity index (χ3v) is 7.95. The van der Waals surface area contributed by atoms with Crippen LogP contribution in [0.2, 0.25) is 0 Å². The molecule has 1 saturated carbocycles. The minimum Gasteiger partial charge on any atom is -0.356 e. The van der Waals surface area contributed by atoms with E-state index >= 15 is 0 Å². The zero-order valence-corrected chi connectivity index (χ0v) is 18.7. The first-order valence-corrected chi connectivity index (χ1v) is 12.2. The molecule has 4 atom stereocenters. The van der Waals surface area contributed by atoms with E-state index in [0.29, 0.717) is 19.0 Å². The van der Waals surface area contributed by atoms with E-state index in [1.807, 2.05) is 0 Å². The van der Waals surface area contributed by atoms with Gasteiger partial charge in [0.1, 0.15) is 0 Å². The van der Waals surface area contributed by atoms with E-state index in [2.05, 4.69) is 38.1 Å². The summed E-state index contributed by atoms with van der Waals surface area (Å²) < 4.78 is 0. The molecule has 2 aliphatic carbocycles. The molecule has 2 N–H and O–H groups in total. The molecule has 0 radical (unpaired) electrons. The summed E-state index contributed by atoms with van der Waals surface area (Å²) in [5.41, 5.74) is 1.10. The number of guanidine groups is 1. The summed E-state index contributed by atoms with van der Waals surface area (Å²) in [7, 11) is 1.73. The molecule has 4 unspecified atom stereocenters. The molecule has 1 aromatic heterocycles. The second-order valence-electron chi connectivity index (χ2n) is 8.82. The summed E-state index contributed by atoms with van der Waals surface area (Å²) in [6.07, 6.45) is 8.56. The van der Waals surface area contributed by atoms with E-state index in [9.17, 15) is 9.59 Å². The van der Waals surface area contributed by atoms with Crippen LogP contribution in [0.15, 0.2) is 22.5 Å². The zero-order chi connectivity index (χ0) is 21.4. The van der Waals surface area contributed by atoms with E-state index in [1.165, 1.54) is 17.7 Å². The number of imide groups is 1. The van der Waals surface area contributed by atoms with Crippen LogP contribution in [0.25, 0.3) is 0 Å². The van der Waals surface area contributed by atoms with Crippen LogP contribution in [0.3, 0.4) is 0 Å². The molecule has 4 aliphatic rings. The number of likely N-dealkylation sites (tertiary alicyclic amines) is 1. The van der Waals surface area contributed by atoms with E-state index < -0.39 is 0 Å². The standard InChI is InChI=1S/C22H30N6O2S/c1-23-21(24-7-6-16-13-31-22(26-16)27-9-2-3-10-27)25-8-11-28-19(29)17-14-4-5-15(12-14)18(17)20(28)30/h4-5,13-15,17-18H,2-3,6-12H2,1H3,(H2,23,24,25). The molecule has 0 aromatic carbocycles. The van der Waals surface area contributed by atoms with Gasteiger partial charge in [-0.25, -0.2) is 4.98 Å². The lowest BCUT2D eigenvalue weighted by Crippen LogP contribution is -2.44. The predicted molar refractivity (Wildman–Crippen MR) is 121 cm³/mol. The fraction of sp³-hybridized carbons (Fsp3) is 0.636. The highest BCUT2D eigenvalue weighted by Gasteiger charge is 2.58. The monoisotopic (exact) mass is 442 g/mol. The van der Waals surface area contributed by atoms with Crippen molar-refractivity contribution < 1.29 is 9.59 Å². The van der Waals surface area contributed by atoms with Crippen LogP contribution in [-0.4, -0.2) is 67.4 Å². The molecule has 3 heterocycles. The minimum atomic E-state index is -0.122. The topological polar surface area (TPSA) is 89.9 Å². The van der Waals surface area contributed by atoms with Gasteiger partial charge in [0.25, 0.3) is 0 Å². The lowest BCUT2D eigenvalue weighted by molar-refractivity contribution is -0.140. The predicted octanol–water partition coefficient (Wildman–Crippen LogP) is 1.26. The molecule has 2 saturated heterocycles. The first kappa shape index (κ1) is 20.5. The largest absolute Gasteiger partial charge is 0.356 e. The molecule has 3 fully saturated rings. The van der Waals surface area contributed by atoms with E-state index in [-0.39, 0.29) is 35.5 Å². The van der Waals surface area contributed by atoms with Crippen LogP contribution < -0.4 is 15.5 Å². The Morgan fingerprint density at radius 2 is 1.81 bits per heavy atom. The van der Waals surface area contributed by atoms with Gasteiger partial charge in [0, 0.05) is 51.6 Å². The molecule has 2 amide bonds. The van der Waals surface area contributed by atoms with Crippen molar-refractivity contribution in [2.75, 3.05) is 44.7 Å². The first-order chi connectivity index (χ1) is 15.2. The Bertz CT molecular complexity index is 876. The average molecular weight is 443 g/mol. The highest BCUT2D eigenvalue weighted by molar-refractivity contribution is 7.13. The highest BCUT2D eigenvalue weighted by Crippen LogP contribution is 2.52. The van der Waals surface area contributed by atoms with Crippen molar-refractivity contribution in [3.63, 3.8) is 0 Å². The number of nitrogens with zero attached hydrogens (tertiary/aromatic N) is 4. The Morgan fingerprint density at radius 1 is 1.13 bits per heavy atom. The first-order valence-electron chi connectivity index (χ1n) is 11.3. The summed E-state index contributed by atoms with van der Waals surface area (Å²) in [6, 6.07) is 0. The van der Waals surface area contributed by atoms with Gasteiger partial charge in [-0.1, -0.05) is 12.2 Å². The Hall–Kier alpha value is -2.42. The number of aliphatic imine (C=N–C) groups is 1. The number of fused-ring (bicyclic) bond motifs is 5. The maximum absolute atomic E-state index is 12.7. The summed E-state index contributed by atoms with van der Waals surface area (Å²) in [5, 5.41) is 9.79. The second-order valence-corrected chi connectivity index (χ2v) is 9.66. The molecule has 2 aliphatic heterocycles. The Labute approximate surface area is 186 Å². The van der Waals surface area contributed by atoms with Crippen molar-refractivity contribution in [2.24, 2.45) is 28.7 Å². The van der Waals surface area contributed by atoms with Crippen molar-refractivity contribution in [1.29, 1.82) is 0 Å². The average Bonchev–Trinajstić information content (AvgIpc) is 3.59. The molecule has 2 bridgehead atoms. The smallest absolute Gasteiger partial charge is 0.233 e. The number of carbonyl (C=O) groups is 2.